The highest BCUT2D eigenvalue weighted by Crippen LogP contribution is 2.22. The number of amides is 1. The SMILES string of the molecule is Cc1ccc(S(=O)(=O)N(CC(=O)Nc2c(C)cccc2C)Cc2ccc(Cl)cc2)cc1. The number of aryl methyl sites for hydroxylation is 3. The molecule has 0 heterocycles. The van der Waals surface area contributed by atoms with Crippen molar-refractivity contribution < 1.29 is 13.2 Å². The summed E-state index contributed by atoms with van der Waals surface area (Å²) in [5, 5.41) is 3.43. The smallest absolute Gasteiger partial charge is 0.243 e. The summed E-state index contributed by atoms with van der Waals surface area (Å²) < 4.78 is 27.9. The van der Waals surface area contributed by atoms with Crippen LogP contribution in [-0.2, 0) is 21.4 Å². The number of sulfonamides is 1. The van der Waals surface area contributed by atoms with Crippen LogP contribution in [0.25, 0.3) is 0 Å². The normalized spacial score (nSPS) is 11.5. The van der Waals surface area contributed by atoms with Crippen LogP contribution in [0.2, 0.25) is 5.02 Å². The van der Waals surface area contributed by atoms with Gasteiger partial charge in [0, 0.05) is 17.3 Å². The van der Waals surface area contributed by atoms with Crippen molar-refractivity contribution in [1.82, 2.24) is 4.31 Å². The van der Waals surface area contributed by atoms with Gasteiger partial charge in [0.1, 0.15) is 0 Å². The molecule has 3 aromatic rings. The summed E-state index contributed by atoms with van der Waals surface area (Å²) in [7, 11) is -3.89. The van der Waals surface area contributed by atoms with Gasteiger partial charge in [-0.3, -0.25) is 4.79 Å². The van der Waals surface area contributed by atoms with Crippen molar-refractivity contribution in [2.45, 2.75) is 32.2 Å². The molecule has 162 valence electrons. The Morgan fingerprint density at radius 2 is 1.48 bits per heavy atom. The largest absolute Gasteiger partial charge is 0.324 e. The number of hydrogen-bond acceptors (Lipinski definition) is 3. The number of para-hydroxylation sites is 1. The molecule has 1 amide bonds. The van der Waals surface area contributed by atoms with E-state index in [0.29, 0.717) is 10.7 Å². The molecule has 3 rings (SSSR count). The van der Waals surface area contributed by atoms with E-state index in [0.717, 1.165) is 22.3 Å². The van der Waals surface area contributed by atoms with Gasteiger partial charge in [-0.25, -0.2) is 8.42 Å². The Hall–Kier alpha value is -2.67. The van der Waals surface area contributed by atoms with Gasteiger partial charge in [0.25, 0.3) is 0 Å². The molecule has 0 bridgehead atoms. The lowest BCUT2D eigenvalue weighted by Crippen LogP contribution is -2.37. The van der Waals surface area contributed by atoms with Gasteiger partial charge in [0.05, 0.1) is 11.4 Å². The van der Waals surface area contributed by atoms with Crippen LogP contribution in [0.4, 0.5) is 5.69 Å². The molecule has 0 spiro atoms. The maximum Gasteiger partial charge on any atom is 0.243 e. The van der Waals surface area contributed by atoms with Crippen molar-refractivity contribution in [3.8, 4) is 0 Å². The first-order chi connectivity index (χ1) is 14.7. The van der Waals surface area contributed by atoms with Gasteiger partial charge < -0.3 is 5.32 Å². The molecule has 0 aromatic heterocycles. The van der Waals surface area contributed by atoms with Crippen LogP contribution < -0.4 is 5.32 Å². The predicted molar refractivity (Wildman–Crippen MR) is 125 cm³/mol. The van der Waals surface area contributed by atoms with E-state index in [-0.39, 0.29) is 18.0 Å². The van der Waals surface area contributed by atoms with Crippen molar-refractivity contribution in [3.63, 3.8) is 0 Å². The zero-order valence-electron chi connectivity index (χ0n) is 17.7. The average Bonchev–Trinajstić information content (AvgIpc) is 2.72. The Kier molecular flexibility index (Phi) is 7.15. The van der Waals surface area contributed by atoms with Gasteiger partial charge in [-0.05, 0) is 61.7 Å². The first kappa shape index (κ1) is 23.0. The lowest BCUT2D eigenvalue weighted by atomic mass is 10.1. The first-order valence-electron chi connectivity index (χ1n) is 9.84. The molecule has 0 aliphatic heterocycles. The van der Waals surface area contributed by atoms with Crippen LogP contribution >= 0.6 is 11.6 Å². The summed E-state index contributed by atoms with van der Waals surface area (Å²) in [4.78, 5) is 13.0. The number of carbonyl (C=O) groups is 1. The molecule has 0 radical (unpaired) electrons. The van der Waals surface area contributed by atoms with Gasteiger partial charge in [-0.1, -0.05) is 59.6 Å². The Morgan fingerprint density at radius 3 is 2.06 bits per heavy atom. The molecule has 0 aliphatic rings. The van der Waals surface area contributed by atoms with Crippen LogP contribution in [-0.4, -0.2) is 25.2 Å². The maximum absolute atomic E-state index is 13.4. The molecule has 7 heteroatoms. The van der Waals surface area contributed by atoms with Gasteiger partial charge in [-0.2, -0.15) is 4.31 Å². The lowest BCUT2D eigenvalue weighted by Gasteiger charge is -2.23. The number of nitrogens with one attached hydrogen (secondary N) is 1. The van der Waals surface area contributed by atoms with Gasteiger partial charge in [-0.15, -0.1) is 0 Å². The highest BCUT2D eigenvalue weighted by molar-refractivity contribution is 7.89. The predicted octanol–water partition coefficient (Wildman–Crippen LogP) is 5.09. The second-order valence-corrected chi connectivity index (χ2v) is 9.90. The molecular formula is C24H25ClN2O3S. The summed E-state index contributed by atoms with van der Waals surface area (Å²) in [6.45, 7) is 5.42. The van der Waals surface area contributed by atoms with E-state index in [1.54, 1.807) is 48.5 Å². The Bertz CT molecular complexity index is 1150. The van der Waals surface area contributed by atoms with Crippen LogP contribution in [0, 0.1) is 20.8 Å². The van der Waals surface area contributed by atoms with Crippen molar-refractivity contribution in [2.24, 2.45) is 0 Å². The Labute approximate surface area is 188 Å². The number of nitrogens with zero attached hydrogens (tertiary/aromatic N) is 1. The van der Waals surface area contributed by atoms with Gasteiger partial charge >= 0.3 is 0 Å². The molecule has 0 unspecified atom stereocenters. The monoisotopic (exact) mass is 456 g/mol. The number of anilines is 1. The third-order valence-corrected chi connectivity index (χ3v) is 7.05. The quantitative estimate of drug-likeness (QED) is 0.538. The minimum absolute atomic E-state index is 0.0492. The summed E-state index contributed by atoms with van der Waals surface area (Å²) in [5.41, 5.74) is 4.22. The third kappa shape index (κ3) is 5.73. The van der Waals surface area contributed by atoms with Gasteiger partial charge in [0.15, 0.2) is 0 Å². The lowest BCUT2D eigenvalue weighted by molar-refractivity contribution is -0.116. The van der Waals surface area contributed by atoms with E-state index < -0.39 is 15.9 Å². The molecular weight excluding hydrogens is 432 g/mol. The number of rotatable bonds is 7. The zero-order chi connectivity index (χ0) is 22.6. The number of benzene rings is 3. The van der Waals surface area contributed by atoms with Crippen molar-refractivity contribution in [2.75, 3.05) is 11.9 Å². The summed E-state index contributed by atoms with van der Waals surface area (Å²) >= 11 is 5.96. The molecule has 0 fully saturated rings. The van der Waals surface area contributed by atoms with Crippen LogP contribution in [0.15, 0.2) is 71.6 Å². The Morgan fingerprint density at radius 1 is 0.903 bits per heavy atom. The van der Waals surface area contributed by atoms with Gasteiger partial charge in [0.2, 0.25) is 15.9 Å². The summed E-state index contributed by atoms with van der Waals surface area (Å²) in [6.07, 6.45) is 0. The molecule has 3 aromatic carbocycles. The zero-order valence-corrected chi connectivity index (χ0v) is 19.3. The second kappa shape index (κ2) is 9.64. The van der Waals surface area contributed by atoms with E-state index in [1.807, 2.05) is 39.0 Å². The van der Waals surface area contributed by atoms with E-state index in [1.165, 1.54) is 4.31 Å². The van der Waals surface area contributed by atoms with Crippen molar-refractivity contribution >= 4 is 33.2 Å². The fourth-order valence-electron chi connectivity index (χ4n) is 3.23. The molecule has 0 atom stereocenters. The van der Waals surface area contributed by atoms with Crippen LogP contribution in [0.5, 0.6) is 0 Å². The van der Waals surface area contributed by atoms with E-state index in [2.05, 4.69) is 5.32 Å². The first-order valence-corrected chi connectivity index (χ1v) is 11.7. The summed E-state index contributed by atoms with van der Waals surface area (Å²) in [5.74, 6) is -0.401. The molecule has 1 N–H and O–H groups in total. The highest BCUT2D eigenvalue weighted by Gasteiger charge is 2.27. The molecule has 0 saturated heterocycles. The molecule has 0 saturated carbocycles. The highest BCUT2D eigenvalue weighted by atomic mass is 35.5. The number of hydrogen-bond donors (Lipinski definition) is 1. The standard InChI is InChI=1S/C24H25ClN2O3S/c1-17-7-13-22(14-8-17)31(29,30)27(15-20-9-11-21(25)12-10-20)16-23(28)26-24-18(2)5-4-6-19(24)3/h4-14H,15-16H2,1-3H3,(H,26,28). The van der Waals surface area contributed by atoms with E-state index >= 15 is 0 Å². The van der Waals surface area contributed by atoms with E-state index in [9.17, 15) is 13.2 Å². The maximum atomic E-state index is 13.4. The summed E-state index contributed by atoms with van der Waals surface area (Å²) in [6, 6.07) is 19.2. The number of halogens is 1. The van der Waals surface area contributed by atoms with Crippen LogP contribution in [0.1, 0.15) is 22.3 Å². The van der Waals surface area contributed by atoms with Crippen molar-refractivity contribution in [1.29, 1.82) is 0 Å². The minimum atomic E-state index is -3.89. The second-order valence-electron chi connectivity index (χ2n) is 7.53. The molecule has 5 nitrogen and oxygen atoms in total. The fourth-order valence-corrected chi connectivity index (χ4v) is 4.74. The molecule has 31 heavy (non-hydrogen) atoms. The number of carbonyl (C=O) groups excluding carboxylic acids is 1. The minimum Gasteiger partial charge on any atom is -0.324 e. The van der Waals surface area contributed by atoms with Crippen molar-refractivity contribution in [3.05, 3.63) is 94.0 Å². The topological polar surface area (TPSA) is 66.5 Å². The van der Waals surface area contributed by atoms with E-state index in [4.69, 9.17) is 11.6 Å². The third-order valence-electron chi connectivity index (χ3n) is 5.00. The average molecular weight is 457 g/mol. The fraction of sp³-hybridized carbons (Fsp3) is 0.208. The van der Waals surface area contributed by atoms with Crippen LogP contribution in [0.3, 0.4) is 0 Å². The molecule has 0 aliphatic carbocycles. The Balaban J connectivity index is 1.90.